The largest absolute Gasteiger partial charge is 0.493 e. The van der Waals surface area contributed by atoms with Crippen molar-refractivity contribution in [2.75, 3.05) is 27.3 Å². The summed E-state index contributed by atoms with van der Waals surface area (Å²) in [6.45, 7) is 1.53. The molecule has 130 valence electrons. The second kappa shape index (κ2) is 7.11. The highest BCUT2D eigenvalue weighted by Crippen LogP contribution is 2.40. The normalized spacial score (nSPS) is 23.8. The van der Waals surface area contributed by atoms with Crippen LogP contribution >= 0.6 is 0 Å². The third kappa shape index (κ3) is 3.18. The maximum Gasteiger partial charge on any atom is 0.307 e. The number of carbonyl (C=O) groups is 2. The van der Waals surface area contributed by atoms with Crippen LogP contribution in [0.25, 0.3) is 0 Å². The van der Waals surface area contributed by atoms with Crippen LogP contribution in [-0.4, -0.2) is 44.1 Å². The fraction of sp³-hybridized carbons (Fsp3) is 0.556. The number of rotatable bonds is 4. The van der Waals surface area contributed by atoms with E-state index in [1.54, 1.807) is 26.4 Å². The van der Waals surface area contributed by atoms with E-state index in [9.17, 15) is 9.59 Å². The highest BCUT2D eigenvalue weighted by Gasteiger charge is 2.43. The van der Waals surface area contributed by atoms with Gasteiger partial charge in [0.05, 0.1) is 26.6 Å². The summed E-state index contributed by atoms with van der Waals surface area (Å²) < 4.78 is 16.0. The highest BCUT2D eigenvalue weighted by atomic mass is 16.6. The van der Waals surface area contributed by atoms with Gasteiger partial charge in [-0.05, 0) is 37.0 Å². The van der Waals surface area contributed by atoms with Crippen LogP contribution in [0, 0.1) is 5.92 Å². The number of hydrogen-bond acceptors (Lipinski definition) is 5. The SMILES string of the molecule is COc1ccc([C@H]2OC(=O)C[C@H]2C(=O)N2CCCCC2)cc1OC. The molecular formula is C18H23NO5. The molecule has 6 nitrogen and oxygen atoms in total. The predicted octanol–water partition coefficient (Wildman–Crippen LogP) is 2.32. The van der Waals surface area contributed by atoms with E-state index >= 15 is 0 Å². The van der Waals surface area contributed by atoms with Crippen LogP contribution in [0.3, 0.4) is 0 Å². The van der Waals surface area contributed by atoms with E-state index in [0.717, 1.165) is 37.9 Å². The standard InChI is InChI=1S/C18H23NO5/c1-22-14-7-6-12(10-15(14)23-2)17-13(11-16(20)24-17)18(21)19-8-4-3-5-9-19/h6-7,10,13,17H,3-5,8-9,11H2,1-2H3/t13-,17-/m1/s1. The molecular weight excluding hydrogens is 310 g/mol. The molecule has 1 amide bonds. The summed E-state index contributed by atoms with van der Waals surface area (Å²) in [5.41, 5.74) is 0.758. The lowest BCUT2D eigenvalue weighted by Gasteiger charge is -2.30. The number of methoxy groups -OCH3 is 2. The number of amides is 1. The van der Waals surface area contributed by atoms with Gasteiger partial charge in [0.1, 0.15) is 6.10 Å². The van der Waals surface area contributed by atoms with Gasteiger partial charge in [-0.2, -0.15) is 0 Å². The van der Waals surface area contributed by atoms with E-state index < -0.39 is 12.0 Å². The summed E-state index contributed by atoms with van der Waals surface area (Å²) >= 11 is 0. The summed E-state index contributed by atoms with van der Waals surface area (Å²) in [7, 11) is 3.12. The fourth-order valence-corrected chi connectivity index (χ4v) is 3.45. The Morgan fingerprint density at radius 2 is 1.83 bits per heavy atom. The highest BCUT2D eigenvalue weighted by molar-refractivity contribution is 5.87. The molecule has 1 aromatic rings. The monoisotopic (exact) mass is 333 g/mol. The lowest BCUT2D eigenvalue weighted by molar-refractivity contribution is -0.142. The van der Waals surface area contributed by atoms with E-state index in [2.05, 4.69) is 0 Å². The average molecular weight is 333 g/mol. The minimum Gasteiger partial charge on any atom is -0.493 e. The average Bonchev–Trinajstić information content (AvgIpc) is 3.03. The molecule has 6 heteroatoms. The number of nitrogens with zero attached hydrogens (tertiary/aromatic N) is 1. The molecule has 0 unspecified atom stereocenters. The Balaban J connectivity index is 1.85. The van der Waals surface area contributed by atoms with Crippen LogP contribution in [0.2, 0.25) is 0 Å². The molecule has 2 heterocycles. The van der Waals surface area contributed by atoms with E-state index in [4.69, 9.17) is 14.2 Å². The number of ether oxygens (including phenoxy) is 3. The van der Waals surface area contributed by atoms with Crippen LogP contribution in [0.1, 0.15) is 37.4 Å². The molecule has 1 aromatic carbocycles. The van der Waals surface area contributed by atoms with Gasteiger partial charge in [0.2, 0.25) is 5.91 Å². The van der Waals surface area contributed by atoms with Gasteiger partial charge >= 0.3 is 5.97 Å². The first-order chi connectivity index (χ1) is 11.6. The minimum atomic E-state index is -0.563. The Labute approximate surface area is 141 Å². The second-order valence-electron chi connectivity index (χ2n) is 6.22. The van der Waals surface area contributed by atoms with Gasteiger partial charge in [-0.1, -0.05) is 6.07 Å². The Kier molecular flexibility index (Phi) is 4.92. The lowest BCUT2D eigenvalue weighted by atomic mass is 9.93. The molecule has 2 atom stereocenters. The summed E-state index contributed by atoms with van der Waals surface area (Å²) in [6, 6.07) is 5.36. The molecule has 2 saturated heterocycles. The Morgan fingerprint density at radius 3 is 2.50 bits per heavy atom. The van der Waals surface area contributed by atoms with Gasteiger partial charge in [-0.25, -0.2) is 0 Å². The van der Waals surface area contributed by atoms with Crippen molar-refractivity contribution in [3.8, 4) is 11.5 Å². The summed E-state index contributed by atoms with van der Waals surface area (Å²) in [6.07, 6.45) is 2.77. The van der Waals surface area contributed by atoms with E-state index in [-0.39, 0.29) is 18.3 Å². The van der Waals surface area contributed by atoms with E-state index in [0.29, 0.717) is 11.5 Å². The van der Waals surface area contributed by atoms with E-state index in [1.807, 2.05) is 11.0 Å². The van der Waals surface area contributed by atoms with Crippen LogP contribution in [0.15, 0.2) is 18.2 Å². The van der Waals surface area contributed by atoms with Crippen molar-refractivity contribution >= 4 is 11.9 Å². The predicted molar refractivity (Wildman–Crippen MR) is 86.9 cm³/mol. The van der Waals surface area contributed by atoms with Gasteiger partial charge in [-0.3, -0.25) is 9.59 Å². The zero-order valence-electron chi connectivity index (χ0n) is 14.1. The molecule has 0 aliphatic carbocycles. The smallest absolute Gasteiger partial charge is 0.307 e. The Morgan fingerprint density at radius 1 is 1.12 bits per heavy atom. The molecule has 2 fully saturated rings. The molecule has 0 radical (unpaired) electrons. The molecule has 0 aromatic heterocycles. The molecule has 0 saturated carbocycles. The first kappa shape index (κ1) is 16.6. The number of esters is 1. The summed E-state index contributed by atoms with van der Waals surface area (Å²) in [5, 5.41) is 0. The van der Waals surface area contributed by atoms with Crippen molar-refractivity contribution in [1.82, 2.24) is 4.90 Å². The van der Waals surface area contributed by atoms with Gasteiger partial charge < -0.3 is 19.1 Å². The lowest BCUT2D eigenvalue weighted by Crippen LogP contribution is -2.40. The molecule has 3 rings (SSSR count). The maximum atomic E-state index is 12.8. The van der Waals surface area contributed by atoms with Crippen LogP contribution in [0.5, 0.6) is 11.5 Å². The first-order valence-electron chi connectivity index (χ1n) is 8.34. The zero-order chi connectivity index (χ0) is 17.1. The van der Waals surface area contributed by atoms with Crippen LogP contribution in [0.4, 0.5) is 0 Å². The molecule has 0 spiro atoms. The van der Waals surface area contributed by atoms with Crippen LogP contribution < -0.4 is 9.47 Å². The molecule has 2 aliphatic rings. The van der Waals surface area contributed by atoms with Gasteiger partial charge in [0, 0.05) is 13.1 Å². The van der Waals surface area contributed by atoms with Crippen molar-refractivity contribution in [2.45, 2.75) is 31.8 Å². The molecule has 24 heavy (non-hydrogen) atoms. The second-order valence-corrected chi connectivity index (χ2v) is 6.22. The van der Waals surface area contributed by atoms with E-state index in [1.165, 1.54) is 0 Å². The van der Waals surface area contributed by atoms with Crippen LogP contribution in [-0.2, 0) is 14.3 Å². The number of carbonyl (C=O) groups excluding carboxylic acids is 2. The Hall–Kier alpha value is -2.24. The van der Waals surface area contributed by atoms with Crippen molar-refractivity contribution in [1.29, 1.82) is 0 Å². The number of hydrogen-bond donors (Lipinski definition) is 0. The van der Waals surface area contributed by atoms with Gasteiger partial charge in [-0.15, -0.1) is 0 Å². The zero-order valence-corrected chi connectivity index (χ0v) is 14.1. The van der Waals surface area contributed by atoms with Crippen molar-refractivity contribution < 1.29 is 23.8 Å². The fourth-order valence-electron chi connectivity index (χ4n) is 3.45. The number of cyclic esters (lactones) is 1. The molecule has 2 aliphatic heterocycles. The third-order valence-corrected chi connectivity index (χ3v) is 4.73. The molecule has 0 N–H and O–H groups in total. The topological polar surface area (TPSA) is 65.1 Å². The summed E-state index contributed by atoms with van der Waals surface area (Å²) in [5.74, 6) is 0.380. The maximum absolute atomic E-state index is 12.8. The number of benzene rings is 1. The molecule has 0 bridgehead atoms. The number of piperidine rings is 1. The first-order valence-corrected chi connectivity index (χ1v) is 8.34. The van der Waals surface area contributed by atoms with Crippen molar-refractivity contribution in [3.63, 3.8) is 0 Å². The number of likely N-dealkylation sites (tertiary alicyclic amines) is 1. The quantitative estimate of drug-likeness (QED) is 0.791. The minimum absolute atomic E-state index is 0.0142. The van der Waals surface area contributed by atoms with Crippen molar-refractivity contribution in [3.05, 3.63) is 23.8 Å². The van der Waals surface area contributed by atoms with Crippen molar-refractivity contribution in [2.24, 2.45) is 5.92 Å². The summed E-state index contributed by atoms with van der Waals surface area (Å²) in [4.78, 5) is 26.6. The van der Waals surface area contributed by atoms with Gasteiger partial charge in [0.15, 0.2) is 11.5 Å². The van der Waals surface area contributed by atoms with Gasteiger partial charge in [0.25, 0.3) is 0 Å². The Bertz CT molecular complexity index is 624. The third-order valence-electron chi connectivity index (χ3n) is 4.73.